The van der Waals surface area contributed by atoms with Crippen LogP contribution in [0.1, 0.15) is 12.8 Å². The Kier molecular flexibility index (Phi) is 2.20. The molecule has 2 bridgehead atoms. The maximum Gasteiger partial charge on any atom is 0.327 e. The molecule has 3 unspecified atom stereocenters. The lowest BCUT2D eigenvalue weighted by Gasteiger charge is -2.42. The molecule has 0 aromatic carbocycles. The van der Waals surface area contributed by atoms with E-state index in [1.54, 1.807) is 0 Å². The van der Waals surface area contributed by atoms with Crippen LogP contribution in [0.3, 0.4) is 0 Å². The van der Waals surface area contributed by atoms with Crippen molar-refractivity contribution in [1.29, 1.82) is 0 Å². The summed E-state index contributed by atoms with van der Waals surface area (Å²) >= 11 is 3.39. The van der Waals surface area contributed by atoms with Gasteiger partial charge < -0.3 is 9.84 Å². The smallest absolute Gasteiger partial charge is 0.327 e. The number of carbonyl (C=O) groups excluding carboxylic acids is 1. The summed E-state index contributed by atoms with van der Waals surface area (Å²) in [5.74, 6) is -0.0570. The summed E-state index contributed by atoms with van der Waals surface area (Å²) in [7, 11) is 0. The SMILES string of the molecule is O=C1OC2C=CC1(Br)C(CCO)C2. The number of carbonyl (C=O) groups is 1. The van der Waals surface area contributed by atoms with E-state index < -0.39 is 4.32 Å². The molecule has 1 N–H and O–H groups in total. The van der Waals surface area contributed by atoms with Crippen LogP contribution in [-0.4, -0.2) is 28.1 Å². The molecule has 1 saturated heterocycles. The molecule has 1 fully saturated rings. The number of alkyl halides is 1. The van der Waals surface area contributed by atoms with Crippen molar-refractivity contribution in [2.24, 2.45) is 5.92 Å². The summed E-state index contributed by atoms with van der Waals surface area (Å²) in [6.45, 7) is 0.117. The summed E-state index contributed by atoms with van der Waals surface area (Å²) in [6, 6.07) is 0. The first kappa shape index (κ1) is 9.21. The van der Waals surface area contributed by atoms with Crippen molar-refractivity contribution in [3.8, 4) is 0 Å². The maximum absolute atomic E-state index is 11.5. The standard InChI is InChI=1S/C9H11BrO3/c10-9-3-1-7(13-8(9)12)5-6(9)2-4-11/h1,3,6-7,11H,2,4-5H2. The van der Waals surface area contributed by atoms with Gasteiger partial charge in [-0.2, -0.15) is 0 Å². The molecular weight excluding hydrogens is 236 g/mol. The van der Waals surface area contributed by atoms with Gasteiger partial charge >= 0.3 is 5.97 Å². The van der Waals surface area contributed by atoms with Crippen LogP contribution in [0.25, 0.3) is 0 Å². The Hall–Kier alpha value is -0.350. The fourth-order valence-electron chi connectivity index (χ4n) is 1.95. The van der Waals surface area contributed by atoms with E-state index in [0.717, 1.165) is 6.42 Å². The van der Waals surface area contributed by atoms with Crippen LogP contribution < -0.4 is 0 Å². The van der Waals surface area contributed by atoms with Crippen molar-refractivity contribution in [3.63, 3.8) is 0 Å². The van der Waals surface area contributed by atoms with Crippen molar-refractivity contribution in [2.45, 2.75) is 23.3 Å². The van der Waals surface area contributed by atoms with E-state index >= 15 is 0 Å². The zero-order chi connectivity index (χ0) is 9.47. The lowest BCUT2D eigenvalue weighted by molar-refractivity contribution is -0.158. The largest absolute Gasteiger partial charge is 0.457 e. The summed E-state index contributed by atoms with van der Waals surface area (Å²) in [5, 5.41) is 8.85. The molecule has 3 nitrogen and oxygen atoms in total. The Morgan fingerprint density at radius 2 is 2.54 bits per heavy atom. The monoisotopic (exact) mass is 246 g/mol. The fourth-order valence-corrected chi connectivity index (χ4v) is 2.61. The molecule has 3 aliphatic rings. The quantitative estimate of drug-likeness (QED) is 0.450. The van der Waals surface area contributed by atoms with Gasteiger partial charge in [0.2, 0.25) is 0 Å². The molecule has 0 saturated carbocycles. The van der Waals surface area contributed by atoms with Crippen molar-refractivity contribution in [1.82, 2.24) is 0 Å². The van der Waals surface area contributed by atoms with Crippen LogP contribution in [0.2, 0.25) is 0 Å². The first-order chi connectivity index (χ1) is 6.16. The number of ether oxygens (including phenoxy) is 1. The van der Waals surface area contributed by atoms with E-state index in [1.165, 1.54) is 0 Å². The molecule has 72 valence electrons. The molecule has 2 heterocycles. The minimum atomic E-state index is -0.676. The van der Waals surface area contributed by atoms with Gasteiger partial charge in [0.15, 0.2) is 0 Å². The van der Waals surface area contributed by atoms with Crippen LogP contribution >= 0.6 is 15.9 Å². The van der Waals surface area contributed by atoms with Crippen molar-refractivity contribution >= 4 is 21.9 Å². The second-order valence-corrected chi connectivity index (χ2v) is 4.83. The number of aliphatic hydroxyl groups excluding tert-OH is 1. The van der Waals surface area contributed by atoms with Gasteiger partial charge in [0.25, 0.3) is 0 Å². The first-order valence-corrected chi connectivity index (χ1v) is 5.16. The highest BCUT2D eigenvalue weighted by atomic mass is 79.9. The molecule has 2 aliphatic heterocycles. The molecule has 0 radical (unpaired) electrons. The molecule has 0 aromatic heterocycles. The second kappa shape index (κ2) is 3.10. The number of fused-ring (bicyclic) bond motifs is 2. The molecule has 3 atom stereocenters. The molecule has 3 rings (SSSR count). The Morgan fingerprint density at radius 3 is 3.15 bits per heavy atom. The highest BCUT2D eigenvalue weighted by Gasteiger charge is 2.50. The third kappa shape index (κ3) is 1.32. The van der Waals surface area contributed by atoms with E-state index in [9.17, 15) is 4.79 Å². The number of hydrogen-bond acceptors (Lipinski definition) is 3. The fraction of sp³-hybridized carbons (Fsp3) is 0.667. The third-order valence-corrected chi connectivity index (χ3v) is 3.95. The molecule has 0 spiro atoms. The average Bonchev–Trinajstić information content (AvgIpc) is 2.09. The highest BCUT2D eigenvalue weighted by molar-refractivity contribution is 9.10. The van der Waals surface area contributed by atoms with E-state index in [2.05, 4.69) is 15.9 Å². The number of aliphatic hydroxyl groups is 1. The number of hydrogen-bond donors (Lipinski definition) is 1. The van der Waals surface area contributed by atoms with Gasteiger partial charge in [-0.15, -0.1) is 0 Å². The van der Waals surface area contributed by atoms with E-state index in [4.69, 9.17) is 9.84 Å². The van der Waals surface area contributed by atoms with Crippen molar-refractivity contribution < 1.29 is 14.6 Å². The van der Waals surface area contributed by atoms with Gasteiger partial charge in [0, 0.05) is 6.61 Å². The molecule has 1 aliphatic carbocycles. The molecule has 0 aromatic rings. The number of halogens is 1. The Balaban J connectivity index is 2.26. The predicted molar refractivity (Wildman–Crippen MR) is 50.5 cm³/mol. The van der Waals surface area contributed by atoms with Crippen LogP contribution in [0.15, 0.2) is 12.2 Å². The zero-order valence-electron chi connectivity index (χ0n) is 7.07. The molecule has 13 heavy (non-hydrogen) atoms. The molecule has 4 heteroatoms. The average molecular weight is 247 g/mol. The van der Waals surface area contributed by atoms with Crippen LogP contribution in [0.5, 0.6) is 0 Å². The Morgan fingerprint density at radius 1 is 1.77 bits per heavy atom. The summed E-state index contributed by atoms with van der Waals surface area (Å²) in [5.41, 5.74) is 0. The zero-order valence-corrected chi connectivity index (χ0v) is 8.66. The van der Waals surface area contributed by atoms with Gasteiger partial charge in [-0.25, -0.2) is 0 Å². The normalized spacial score (nSPS) is 42.2. The lowest BCUT2D eigenvalue weighted by atomic mass is 9.78. The van der Waals surface area contributed by atoms with Gasteiger partial charge in [-0.3, -0.25) is 4.79 Å². The van der Waals surface area contributed by atoms with Gasteiger partial charge in [0.05, 0.1) is 0 Å². The molecule has 0 amide bonds. The van der Waals surface area contributed by atoms with Gasteiger partial charge in [-0.1, -0.05) is 22.0 Å². The van der Waals surface area contributed by atoms with E-state index in [0.29, 0.717) is 6.42 Å². The Labute approximate surface area is 84.9 Å². The lowest BCUT2D eigenvalue weighted by Crippen LogP contribution is -2.51. The highest BCUT2D eigenvalue weighted by Crippen LogP contribution is 2.44. The topological polar surface area (TPSA) is 46.5 Å². The van der Waals surface area contributed by atoms with Crippen LogP contribution in [0, 0.1) is 5.92 Å². The van der Waals surface area contributed by atoms with Gasteiger partial charge in [0.1, 0.15) is 10.4 Å². The van der Waals surface area contributed by atoms with Crippen LogP contribution in [-0.2, 0) is 9.53 Å². The van der Waals surface area contributed by atoms with Crippen molar-refractivity contribution in [3.05, 3.63) is 12.2 Å². The summed E-state index contributed by atoms with van der Waals surface area (Å²) < 4.78 is 4.43. The minimum Gasteiger partial charge on any atom is -0.457 e. The first-order valence-electron chi connectivity index (χ1n) is 4.37. The third-order valence-electron chi connectivity index (χ3n) is 2.71. The second-order valence-electron chi connectivity index (χ2n) is 3.52. The predicted octanol–water partition coefficient (Wildman–Crippen LogP) is 1.00. The molecular formula is C9H11BrO3. The van der Waals surface area contributed by atoms with E-state index in [1.807, 2.05) is 12.2 Å². The number of esters is 1. The maximum atomic E-state index is 11.5. The van der Waals surface area contributed by atoms with E-state index in [-0.39, 0.29) is 24.6 Å². The van der Waals surface area contributed by atoms with Crippen molar-refractivity contribution in [2.75, 3.05) is 6.61 Å². The number of rotatable bonds is 2. The van der Waals surface area contributed by atoms with Gasteiger partial charge in [-0.05, 0) is 24.8 Å². The minimum absolute atomic E-state index is 0.0801. The van der Waals surface area contributed by atoms with Crippen LogP contribution in [0.4, 0.5) is 0 Å². The Bertz CT molecular complexity index is 264. The summed E-state index contributed by atoms with van der Waals surface area (Å²) in [6.07, 6.45) is 5.13. The summed E-state index contributed by atoms with van der Waals surface area (Å²) in [4.78, 5) is 11.5.